The zero-order valence-electron chi connectivity index (χ0n) is 18.2. The molecule has 0 N–H and O–H groups in total. The molecule has 2 heterocycles. The lowest BCUT2D eigenvalue weighted by Gasteiger charge is -2.30. The van der Waals surface area contributed by atoms with Gasteiger partial charge in [0, 0.05) is 19.2 Å². The van der Waals surface area contributed by atoms with Crippen LogP contribution in [0.25, 0.3) is 10.9 Å². The summed E-state index contributed by atoms with van der Waals surface area (Å²) >= 11 is 0. The first-order chi connectivity index (χ1) is 15.3. The molecule has 1 saturated heterocycles. The molecule has 1 aromatic heterocycles. The zero-order chi connectivity index (χ0) is 22.7. The van der Waals surface area contributed by atoms with Crippen molar-refractivity contribution < 1.29 is 17.9 Å². The van der Waals surface area contributed by atoms with E-state index in [4.69, 9.17) is 9.47 Å². The number of benzene rings is 2. The van der Waals surface area contributed by atoms with Crippen LogP contribution in [0.1, 0.15) is 25.3 Å². The number of hydrogen-bond acceptors (Lipinski definition) is 6. The van der Waals surface area contributed by atoms with Gasteiger partial charge in [-0.2, -0.15) is 0 Å². The molecule has 0 spiro atoms. The minimum absolute atomic E-state index is 0.154. The van der Waals surface area contributed by atoms with Crippen molar-refractivity contribution in [1.82, 2.24) is 13.9 Å². The average Bonchev–Trinajstić information content (AvgIpc) is 2.77. The molecule has 0 atom stereocenters. The minimum Gasteiger partial charge on any atom is -0.490 e. The van der Waals surface area contributed by atoms with Gasteiger partial charge in [-0.3, -0.25) is 9.36 Å². The topological polar surface area (TPSA) is 90.7 Å². The van der Waals surface area contributed by atoms with Gasteiger partial charge in [0.05, 0.1) is 36.6 Å². The molecule has 0 aliphatic carbocycles. The smallest absolute Gasteiger partial charge is 0.261 e. The van der Waals surface area contributed by atoms with Crippen molar-refractivity contribution in [2.24, 2.45) is 0 Å². The molecule has 170 valence electrons. The van der Waals surface area contributed by atoms with Gasteiger partial charge in [0.1, 0.15) is 6.10 Å². The minimum atomic E-state index is -3.20. The lowest BCUT2D eigenvalue weighted by atomic mass is 10.1. The SMILES string of the molecule is CCOc1cc2ncn(Cc3ccccc3)c(=O)c2cc1OC1CCN(S(C)(=O)=O)CC1. The number of sulfonamides is 1. The van der Waals surface area contributed by atoms with Crippen LogP contribution in [0.2, 0.25) is 0 Å². The van der Waals surface area contributed by atoms with Crippen LogP contribution in [0.4, 0.5) is 0 Å². The second-order valence-electron chi connectivity index (χ2n) is 7.89. The maximum atomic E-state index is 13.2. The fourth-order valence-electron chi connectivity index (χ4n) is 3.88. The Morgan fingerprint density at radius 1 is 1.09 bits per heavy atom. The highest BCUT2D eigenvalue weighted by Crippen LogP contribution is 2.33. The molecular formula is C23H27N3O5S. The molecule has 3 aromatic rings. The second-order valence-corrected chi connectivity index (χ2v) is 9.87. The van der Waals surface area contributed by atoms with Crippen LogP contribution in [-0.4, -0.2) is 54.3 Å². The van der Waals surface area contributed by atoms with Crippen molar-refractivity contribution in [3.8, 4) is 11.5 Å². The molecule has 1 fully saturated rings. The van der Waals surface area contributed by atoms with E-state index >= 15 is 0 Å². The van der Waals surface area contributed by atoms with Crippen LogP contribution in [0.5, 0.6) is 11.5 Å². The number of hydrogen-bond donors (Lipinski definition) is 0. The summed E-state index contributed by atoms with van der Waals surface area (Å²) in [7, 11) is -3.20. The third-order valence-electron chi connectivity index (χ3n) is 5.55. The Kier molecular flexibility index (Phi) is 6.48. The molecular weight excluding hydrogens is 430 g/mol. The Bertz CT molecular complexity index is 1250. The number of aromatic nitrogens is 2. The van der Waals surface area contributed by atoms with Gasteiger partial charge in [-0.15, -0.1) is 0 Å². The van der Waals surface area contributed by atoms with E-state index in [1.165, 1.54) is 10.6 Å². The quantitative estimate of drug-likeness (QED) is 0.542. The third-order valence-corrected chi connectivity index (χ3v) is 6.85. The average molecular weight is 458 g/mol. The molecule has 1 aliphatic rings. The first-order valence-corrected chi connectivity index (χ1v) is 12.5. The van der Waals surface area contributed by atoms with Crippen LogP contribution < -0.4 is 15.0 Å². The Labute approximate surface area is 187 Å². The van der Waals surface area contributed by atoms with Crippen LogP contribution in [0, 0.1) is 0 Å². The number of nitrogens with zero attached hydrogens (tertiary/aromatic N) is 3. The van der Waals surface area contributed by atoms with E-state index in [-0.39, 0.29) is 11.7 Å². The Hall–Kier alpha value is -2.91. The molecule has 0 bridgehead atoms. The molecule has 2 aromatic carbocycles. The highest BCUT2D eigenvalue weighted by molar-refractivity contribution is 7.88. The van der Waals surface area contributed by atoms with Gasteiger partial charge in [-0.05, 0) is 31.4 Å². The molecule has 1 aliphatic heterocycles. The second kappa shape index (κ2) is 9.30. The molecule has 9 heteroatoms. The monoisotopic (exact) mass is 457 g/mol. The Morgan fingerprint density at radius 3 is 2.47 bits per heavy atom. The first kappa shape index (κ1) is 22.3. The highest BCUT2D eigenvalue weighted by atomic mass is 32.2. The molecule has 0 radical (unpaired) electrons. The maximum Gasteiger partial charge on any atom is 0.261 e. The number of piperidine rings is 1. The first-order valence-electron chi connectivity index (χ1n) is 10.7. The lowest BCUT2D eigenvalue weighted by molar-refractivity contribution is 0.130. The summed E-state index contributed by atoms with van der Waals surface area (Å²) < 4.78 is 38.5. The fraction of sp³-hybridized carbons (Fsp3) is 0.391. The third kappa shape index (κ3) is 4.94. The van der Waals surface area contributed by atoms with Crippen molar-refractivity contribution in [3.05, 3.63) is 64.7 Å². The normalized spacial score (nSPS) is 15.7. The van der Waals surface area contributed by atoms with Gasteiger partial charge in [-0.25, -0.2) is 17.7 Å². The van der Waals surface area contributed by atoms with Gasteiger partial charge in [-0.1, -0.05) is 30.3 Å². The van der Waals surface area contributed by atoms with Crippen LogP contribution >= 0.6 is 0 Å². The summed E-state index contributed by atoms with van der Waals surface area (Å²) in [5.74, 6) is 1.01. The van der Waals surface area contributed by atoms with Crippen molar-refractivity contribution in [3.63, 3.8) is 0 Å². The fourth-order valence-corrected chi connectivity index (χ4v) is 4.75. The van der Waals surface area contributed by atoms with Crippen LogP contribution in [0.15, 0.2) is 53.6 Å². The van der Waals surface area contributed by atoms with Gasteiger partial charge < -0.3 is 9.47 Å². The number of rotatable bonds is 7. The molecule has 0 saturated carbocycles. The van der Waals surface area contributed by atoms with Crippen molar-refractivity contribution >= 4 is 20.9 Å². The van der Waals surface area contributed by atoms with E-state index < -0.39 is 10.0 Å². The summed E-state index contributed by atoms with van der Waals surface area (Å²) in [5, 5.41) is 0.454. The van der Waals surface area contributed by atoms with Gasteiger partial charge in [0.25, 0.3) is 5.56 Å². The Balaban J connectivity index is 1.63. The molecule has 0 unspecified atom stereocenters. The summed E-state index contributed by atoms with van der Waals surface area (Å²) in [6.45, 7) is 3.57. The molecule has 32 heavy (non-hydrogen) atoms. The summed E-state index contributed by atoms with van der Waals surface area (Å²) in [6, 6.07) is 13.2. The van der Waals surface area contributed by atoms with E-state index in [0.29, 0.717) is 61.5 Å². The van der Waals surface area contributed by atoms with Gasteiger partial charge in [0.2, 0.25) is 10.0 Å². The van der Waals surface area contributed by atoms with Crippen LogP contribution in [-0.2, 0) is 16.6 Å². The summed E-state index contributed by atoms with van der Waals surface area (Å²) in [6.07, 6.45) is 3.75. The standard InChI is InChI=1S/C23H27N3O5S/c1-3-30-21-14-20-19(23(27)25(16-24-20)15-17-7-5-4-6-8-17)13-22(21)31-18-9-11-26(12-10-18)32(2,28)29/h4-8,13-14,16,18H,3,9-12,15H2,1-2H3. The molecule has 8 nitrogen and oxygen atoms in total. The Morgan fingerprint density at radius 2 is 1.81 bits per heavy atom. The number of ether oxygens (including phenoxy) is 2. The van der Waals surface area contributed by atoms with E-state index in [9.17, 15) is 13.2 Å². The summed E-state index contributed by atoms with van der Waals surface area (Å²) in [5.41, 5.74) is 1.40. The predicted molar refractivity (Wildman–Crippen MR) is 123 cm³/mol. The maximum absolute atomic E-state index is 13.2. The predicted octanol–water partition coefficient (Wildman–Crippen LogP) is 2.65. The lowest BCUT2D eigenvalue weighted by Crippen LogP contribution is -2.41. The zero-order valence-corrected chi connectivity index (χ0v) is 19.0. The molecule has 0 amide bonds. The molecule has 4 rings (SSSR count). The van der Waals surface area contributed by atoms with E-state index in [0.717, 1.165) is 5.56 Å². The van der Waals surface area contributed by atoms with Gasteiger partial charge >= 0.3 is 0 Å². The van der Waals surface area contributed by atoms with Crippen molar-refractivity contribution in [1.29, 1.82) is 0 Å². The van der Waals surface area contributed by atoms with Gasteiger partial charge in [0.15, 0.2) is 11.5 Å². The van der Waals surface area contributed by atoms with Crippen molar-refractivity contribution in [2.75, 3.05) is 26.0 Å². The van der Waals surface area contributed by atoms with Crippen molar-refractivity contribution in [2.45, 2.75) is 32.4 Å². The summed E-state index contributed by atoms with van der Waals surface area (Å²) in [4.78, 5) is 17.6. The van der Waals surface area contributed by atoms with E-state index in [2.05, 4.69) is 4.98 Å². The van der Waals surface area contributed by atoms with E-state index in [1.807, 2.05) is 37.3 Å². The largest absolute Gasteiger partial charge is 0.490 e. The van der Waals surface area contributed by atoms with E-state index in [1.54, 1.807) is 23.0 Å². The number of fused-ring (bicyclic) bond motifs is 1. The highest BCUT2D eigenvalue weighted by Gasteiger charge is 2.27. The van der Waals surface area contributed by atoms with Crippen LogP contribution in [0.3, 0.4) is 0 Å².